The van der Waals surface area contributed by atoms with E-state index in [1.165, 1.54) is 10.9 Å². The summed E-state index contributed by atoms with van der Waals surface area (Å²) in [5.41, 5.74) is 4.94. The van der Waals surface area contributed by atoms with Crippen molar-refractivity contribution >= 4 is 44.9 Å². The third kappa shape index (κ3) is 6.34. The SMILES string of the molecule is C[C@@H]1[C@H](CSc2nc3ccccc3s2)O[C@H](c2ccc(NC(=O)c3cccnc3)cc2)O[C@@H]1c1ccc(CO)cc1. The molecule has 1 fully saturated rings. The van der Waals surface area contributed by atoms with Crippen LogP contribution in [0.4, 0.5) is 5.69 Å². The molecule has 1 aliphatic heterocycles. The first-order chi connectivity index (χ1) is 20.1. The third-order valence-corrected chi connectivity index (χ3v) is 9.40. The Hall–Kier alpha value is -3.60. The summed E-state index contributed by atoms with van der Waals surface area (Å²) in [5, 5.41) is 12.4. The summed E-state index contributed by atoms with van der Waals surface area (Å²) in [6.45, 7) is 2.15. The van der Waals surface area contributed by atoms with Gasteiger partial charge >= 0.3 is 0 Å². The second kappa shape index (κ2) is 12.5. The van der Waals surface area contributed by atoms with Gasteiger partial charge in [-0.3, -0.25) is 9.78 Å². The molecule has 9 heteroatoms. The predicted octanol–water partition coefficient (Wildman–Crippen LogP) is 7.02. The monoisotopic (exact) mass is 583 g/mol. The number of aliphatic hydroxyl groups is 1. The molecule has 0 saturated carbocycles. The Balaban J connectivity index is 1.21. The smallest absolute Gasteiger partial charge is 0.257 e. The number of fused-ring (bicyclic) bond motifs is 1. The van der Waals surface area contributed by atoms with Crippen molar-refractivity contribution in [1.29, 1.82) is 0 Å². The molecule has 0 radical (unpaired) electrons. The quantitative estimate of drug-likeness (QED) is 0.190. The number of aliphatic hydroxyl groups excluding tert-OH is 1. The van der Waals surface area contributed by atoms with Gasteiger partial charge in [-0.05, 0) is 47.5 Å². The molecule has 2 N–H and O–H groups in total. The highest BCUT2D eigenvalue weighted by Gasteiger charge is 2.38. The molecule has 5 aromatic rings. The molecule has 6 rings (SSSR count). The molecule has 3 aromatic carbocycles. The number of thiazole rings is 1. The summed E-state index contributed by atoms with van der Waals surface area (Å²) in [7, 11) is 0. The Morgan fingerprint density at radius 2 is 1.76 bits per heavy atom. The summed E-state index contributed by atoms with van der Waals surface area (Å²) in [6, 6.07) is 27.1. The van der Waals surface area contributed by atoms with Gasteiger partial charge < -0.3 is 19.9 Å². The maximum absolute atomic E-state index is 12.5. The number of hydrogen-bond donors (Lipinski definition) is 2. The van der Waals surface area contributed by atoms with E-state index in [2.05, 4.69) is 23.3 Å². The van der Waals surface area contributed by atoms with Crippen LogP contribution in [0.5, 0.6) is 0 Å². The van der Waals surface area contributed by atoms with Crippen LogP contribution in [0.25, 0.3) is 10.2 Å². The van der Waals surface area contributed by atoms with Gasteiger partial charge in [0.1, 0.15) is 0 Å². The fraction of sp³-hybridized carbons (Fsp3) is 0.219. The van der Waals surface area contributed by atoms with Gasteiger partial charge in [-0.1, -0.05) is 67.2 Å². The molecule has 208 valence electrons. The largest absolute Gasteiger partial charge is 0.392 e. The van der Waals surface area contributed by atoms with E-state index in [9.17, 15) is 9.90 Å². The number of nitrogens with one attached hydrogen (secondary N) is 1. The Morgan fingerprint density at radius 3 is 2.49 bits per heavy atom. The lowest BCUT2D eigenvalue weighted by atomic mass is 9.91. The fourth-order valence-electron chi connectivity index (χ4n) is 4.80. The highest BCUT2D eigenvalue weighted by molar-refractivity contribution is 8.01. The van der Waals surface area contributed by atoms with E-state index in [0.29, 0.717) is 11.3 Å². The molecular weight excluding hydrogens is 555 g/mol. The zero-order valence-electron chi connectivity index (χ0n) is 22.3. The van der Waals surface area contributed by atoms with Crippen molar-refractivity contribution in [3.63, 3.8) is 0 Å². The van der Waals surface area contributed by atoms with Gasteiger partial charge in [0.2, 0.25) is 0 Å². The average molecular weight is 584 g/mol. The lowest BCUT2D eigenvalue weighted by molar-refractivity contribution is -0.268. The van der Waals surface area contributed by atoms with Gasteiger partial charge in [0.25, 0.3) is 5.91 Å². The Morgan fingerprint density at radius 1 is 0.976 bits per heavy atom. The van der Waals surface area contributed by atoms with Crippen LogP contribution in [-0.2, 0) is 16.1 Å². The number of carbonyl (C=O) groups excluding carboxylic acids is 1. The molecule has 7 nitrogen and oxygen atoms in total. The first-order valence-corrected chi connectivity index (χ1v) is 15.2. The predicted molar refractivity (Wildman–Crippen MR) is 162 cm³/mol. The molecule has 1 saturated heterocycles. The molecule has 0 aliphatic carbocycles. The number of pyridine rings is 1. The molecule has 0 unspecified atom stereocenters. The average Bonchev–Trinajstić information content (AvgIpc) is 3.45. The summed E-state index contributed by atoms with van der Waals surface area (Å²) in [5.74, 6) is 0.583. The number of rotatable bonds is 8. The van der Waals surface area contributed by atoms with Gasteiger partial charge in [0.15, 0.2) is 10.6 Å². The molecule has 0 bridgehead atoms. The number of anilines is 1. The summed E-state index contributed by atoms with van der Waals surface area (Å²) >= 11 is 3.40. The zero-order chi connectivity index (χ0) is 28.2. The molecule has 3 heterocycles. The van der Waals surface area contributed by atoms with Crippen molar-refractivity contribution in [3.05, 3.63) is 120 Å². The van der Waals surface area contributed by atoms with Crippen LogP contribution in [-0.4, -0.2) is 32.8 Å². The van der Waals surface area contributed by atoms with Crippen molar-refractivity contribution in [2.75, 3.05) is 11.1 Å². The van der Waals surface area contributed by atoms with Gasteiger partial charge in [-0.25, -0.2) is 4.98 Å². The zero-order valence-corrected chi connectivity index (χ0v) is 24.0. The van der Waals surface area contributed by atoms with E-state index >= 15 is 0 Å². The van der Waals surface area contributed by atoms with Crippen molar-refractivity contribution in [2.45, 2.75) is 36.4 Å². The summed E-state index contributed by atoms with van der Waals surface area (Å²) in [6.07, 6.45) is 2.28. The van der Waals surface area contributed by atoms with E-state index in [0.717, 1.165) is 32.3 Å². The number of amides is 1. The second-order valence-corrected chi connectivity index (χ2v) is 12.2. The summed E-state index contributed by atoms with van der Waals surface area (Å²) in [4.78, 5) is 21.3. The van der Waals surface area contributed by atoms with E-state index in [1.807, 2.05) is 66.7 Å². The van der Waals surface area contributed by atoms with E-state index < -0.39 is 6.29 Å². The Kier molecular flexibility index (Phi) is 8.41. The van der Waals surface area contributed by atoms with E-state index in [1.54, 1.807) is 41.4 Å². The van der Waals surface area contributed by atoms with Crippen molar-refractivity contribution in [2.24, 2.45) is 5.92 Å². The Bertz CT molecular complexity index is 1580. The first-order valence-electron chi connectivity index (χ1n) is 13.4. The van der Waals surface area contributed by atoms with Crippen LogP contribution in [0.1, 0.15) is 46.4 Å². The highest BCUT2D eigenvalue weighted by Crippen LogP contribution is 2.43. The second-order valence-electron chi connectivity index (χ2n) is 9.90. The topological polar surface area (TPSA) is 93.6 Å². The number of ether oxygens (including phenoxy) is 2. The number of carbonyl (C=O) groups is 1. The minimum atomic E-state index is -0.585. The van der Waals surface area contributed by atoms with Gasteiger partial charge in [0, 0.05) is 35.3 Å². The molecule has 2 aromatic heterocycles. The van der Waals surface area contributed by atoms with Crippen LogP contribution < -0.4 is 5.32 Å². The molecule has 41 heavy (non-hydrogen) atoms. The minimum Gasteiger partial charge on any atom is -0.392 e. The van der Waals surface area contributed by atoms with E-state index in [4.69, 9.17) is 14.5 Å². The minimum absolute atomic E-state index is 0.00179. The van der Waals surface area contributed by atoms with Crippen LogP contribution >= 0.6 is 23.1 Å². The van der Waals surface area contributed by atoms with Crippen LogP contribution in [0.15, 0.2) is 102 Å². The number of thioether (sulfide) groups is 1. The van der Waals surface area contributed by atoms with Crippen LogP contribution in [0.2, 0.25) is 0 Å². The molecule has 0 spiro atoms. The number of para-hydroxylation sites is 1. The molecule has 4 atom stereocenters. The van der Waals surface area contributed by atoms with Crippen LogP contribution in [0.3, 0.4) is 0 Å². The fourth-order valence-corrected chi connectivity index (χ4v) is 7.06. The van der Waals surface area contributed by atoms with Crippen molar-refractivity contribution < 1.29 is 19.4 Å². The van der Waals surface area contributed by atoms with Crippen molar-refractivity contribution in [3.8, 4) is 0 Å². The third-order valence-electron chi connectivity index (χ3n) is 7.13. The first kappa shape index (κ1) is 27.6. The van der Waals surface area contributed by atoms with Gasteiger partial charge in [-0.2, -0.15) is 0 Å². The van der Waals surface area contributed by atoms with Crippen molar-refractivity contribution in [1.82, 2.24) is 9.97 Å². The lowest BCUT2D eigenvalue weighted by Gasteiger charge is -2.41. The lowest BCUT2D eigenvalue weighted by Crippen LogP contribution is -2.38. The molecule has 1 amide bonds. The summed E-state index contributed by atoms with van der Waals surface area (Å²) < 4.78 is 15.3. The van der Waals surface area contributed by atoms with Gasteiger partial charge in [-0.15, -0.1) is 11.3 Å². The molecular formula is C32H29N3O4S2. The van der Waals surface area contributed by atoms with Gasteiger partial charge in [0.05, 0.1) is 34.6 Å². The standard InChI is InChI=1S/C32H29N3O4S2/c1-20-27(19-40-32-35-26-6-2-3-7-28(26)41-32)38-31(39-29(20)22-10-8-21(18-36)9-11-22)23-12-14-25(15-13-23)34-30(37)24-5-4-16-33-17-24/h2-17,20,27,29,31,36H,18-19H2,1H3,(H,34,37)/t20-,27+,29+,31+/m1/s1. The number of benzene rings is 3. The Labute approximate surface area is 246 Å². The maximum atomic E-state index is 12.5. The number of nitrogens with zero attached hydrogens (tertiary/aromatic N) is 2. The highest BCUT2D eigenvalue weighted by atomic mass is 32.2. The molecule has 1 aliphatic rings. The normalized spacial score (nSPS) is 20.6. The number of aromatic nitrogens is 2. The number of hydrogen-bond acceptors (Lipinski definition) is 8. The maximum Gasteiger partial charge on any atom is 0.257 e. The van der Waals surface area contributed by atoms with E-state index in [-0.39, 0.29) is 30.6 Å². The van der Waals surface area contributed by atoms with Crippen LogP contribution in [0, 0.1) is 5.92 Å².